The Morgan fingerprint density at radius 2 is 1.29 bits per heavy atom. The van der Waals surface area contributed by atoms with Gasteiger partial charge in [-0.3, -0.25) is 4.79 Å². The fraction of sp³-hybridized carbons (Fsp3) is 0.107. The third kappa shape index (κ3) is 6.33. The van der Waals surface area contributed by atoms with E-state index in [0.717, 1.165) is 18.7 Å². The van der Waals surface area contributed by atoms with Crippen molar-refractivity contribution >= 4 is 27.1 Å². The van der Waals surface area contributed by atoms with Gasteiger partial charge in [0.1, 0.15) is 0 Å². The first kappa shape index (κ1) is 23.3. The Morgan fingerprint density at radius 1 is 0.676 bits per heavy atom. The highest BCUT2D eigenvalue weighted by Crippen LogP contribution is 2.19. The lowest BCUT2D eigenvalue weighted by molar-refractivity contribution is 0.102. The van der Waals surface area contributed by atoms with Crippen LogP contribution in [0.5, 0.6) is 0 Å². The van der Waals surface area contributed by atoms with E-state index in [1.54, 1.807) is 54.6 Å². The van der Waals surface area contributed by atoms with E-state index in [1.807, 2.05) is 42.5 Å². The standard InChI is InChI=1S/C28H26N2O3S/c31-28(24-11-7-10-23(20-24)21-34(32,33)27-12-5-2-6-13-27)30-26-16-14-25(15-17-26)29-19-18-22-8-3-1-4-9-22/h1-17,20,29H,18-19,21H2,(H,30,31). The normalized spacial score (nSPS) is 11.1. The number of benzene rings is 4. The number of anilines is 2. The highest BCUT2D eigenvalue weighted by molar-refractivity contribution is 7.90. The molecule has 0 heterocycles. The van der Waals surface area contributed by atoms with Crippen LogP contribution < -0.4 is 10.6 Å². The van der Waals surface area contributed by atoms with Crippen molar-refractivity contribution in [3.8, 4) is 0 Å². The van der Waals surface area contributed by atoms with E-state index in [4.69, 9.17) is 0 Å². The maximum atomic E-state index is 12.7. The number of carbonyl (C=O) groups is 1. The van der Waals surface area contributed by atoms with Gasteiger partial charge in [0.15, 0.2) is 9.84 Å². The summed E-state index contributed by atoms with van der Waals surface area (Å²) in [6, 6.07) is 32.8. The predicted molar refractivity (Wildman–Crippen MR) is 137 cm³/mol. The molecule has 4 rings (SSSR count). The molecule has 0 fully saturated rings. The topological polar surface area (TPSA) is 75.3 Å². The quantitative estimate of drug-likeness (QED) is 0.335. The average molecular weight is 471 g/mol. The number of carbonyl (C=O) groups excluding carboxylic acids is 1. The molecule has 0 aliphatic carbocycles. The summed E-state index contributed by atoms with van der Waals surface area (Å²) in [5.74, 6) is -0.453. The Balaban J connectivity index is 1.34. The van der Waals surface area contributed by atoms with E-state index in [2.05, 4.69) is 22.8 Å². The summed E-state index contributed by atoms with van der Waals surface area (Å²) >= 11 is 0. The molecule has 0 bridgehead atoms. The van der Waals surface area contributed by atoms with Crippen LogP contribution in [0.25, 0.3) is 0 Å². The lowest BCUT2D eigenvalue weighted by Crippen LogP contribution is -2.13. The highest BCUT2D eigenvalue weighted by Gasteiger charge is 2.16. The molecule has 0 spiro atoms. The minimum atomic E-state index is -3.48. The zero-order valence-corrected chi connectivity index (χ0v) is 19.5. The zero-order chi connectivity index (χ0) is 23.8. The van der Waals surface area contributed by atoms with E-state index >= 15 is 0 Å². The lowest BCUT2D eigenvalue weighted by atomic mass is 10.1. The van der Waals surface area contributed by atoms with Crippen molar-refractivity contribution in [3.05, 3.63) is 126 Å². The second kappa shape index (κ2) is 10.8. The molecule has 2 N–H and O–H groups in total. The Hall–Kier alpha value is -3.90. The number of hydrogen-bond donors (Lipinski definition) is 2. The molecule has 0 aliphatic heterocycles. The third-order valence-corrected chi connectivity index (χ3v) is 7.08. The van der Waals surface area contributed by atoms with Gasteiger partial charge >= 0.3 is 0 Å². The van der Waals surface area contributed by atoms with E-state index in [9.17, 15) is 13.2 Å². The zero-order valence-electron chi connectivity index (χ0n) is 18.6. The van der Waals surface area contributed by atoms with Crippen molar-refractivity contribution in [1.82, 2.24) is 0 Å². The van der Waals surface area contributed by atoms with Crippen LogP contribution in [0.15, 0.2) is 114 Å². The average Bonchev–Trinajstić information content (AvgIpc) is 2.86. The number of rotatable bonds is 9. The molecule has 4 aromatic rings. The molecular weight excluding hydrogens is 444 g/mol. The monoisotopic (exact) mass is 470 g/mol. The fourth-order valence-corrected chi connectivity index (χ4v) is 4.96. The molecule has 0 aliphatic rings. The van der Waals surface area contributed by atoms with Crippen LogP contribution in [0, 0.1) is 0 Å². The number of nitrogens with one attached hydrogen (secondary N) is 2. The Kier molecular flexibility index (Phi) is 7.40. The van der Waals surface area contributed by atoms with E-state index in [0.29, 0.717) is 16.8 Å². The van der Waals surface area contributed by atoms with Crippen molar-refractivity contribution in [1.29, 1.82) is 0 Å². The molecule has 4 aromatic carbocycles. The molecule has 0 radical (unpaired) electrons. The van der Waals surface area contributed by atoms with Crippen LogP contribution in [0.4, 0.5) is 11.4 Å². The number of sulfone groups is 1. The van der Waals surface area contributed by atoms with Crippen LogP contribution >= 0.6 is 0 Å². The first-order valence-electron chi connectivity index (χ1n) is 11.1. The molecule has 5 nitrogen and oxygen atoms in total. The van der Waals surface area contributed by atoms with E-state index < -0.39 is 9.84 Å². The fourth-order valence-electron chi connectivity index (χ4n) is 3.60. The Bertz CT molecular complexity index is 1340. The maximum absolute atomic E-state index is 12.7. The minimum Gasteiger partial charge on any atom is -0.385 e. The van der Waals surface area contributed by atoms with Gasteiger partial charge in [-0.05, 0) is 66.1 Å². The van der Waals surface area contributed by atoms with Crippen molar-refractivity contribution in [2.75, 3.05) is 17.2 Å². The third-order valence-electron chi connectivity index (χ3n) is 5.38. The summed E-state index contributed by atoms with van der Waals surface area (Å²) in [5.41, 5.74) is 3.89. The number of hydrogen-bond acceptors (Lipinski definition) is 4. The Morgan fingerprint density at radius 3 is 2.00 bits per heavy atom. The van der Waals surface area contributed by atoms with Crippen LogP contribution in [-0.2, 0) is 22.0 Å². The van der Waals surface area contributed by atoms with Crippen LogP contribution in [0.3, 0.4) is 0 Å². The summed E-state index contributed by atoms with van der Waals surface area (Å²) < 4.78 is 25.3. The maximum Gasteiger partial charge on any atom is 0.255 e. The van der Waals surface area contributed by atoms with Gasteiger partial charge in [-0.25, -0.2) is 8.42 Å². The van der Waals surface area contributed by atoms with Gasteiger partial charge in [0.05, 0.1) is 10.6 Å². The van der Waals surface area contributed by atoms with Crippen LogP contribution in [-0.4, -0.2) is 20.9 Å². The van der Waals surface area contributed by atoms with Gasteiger partial charge in [0, 0.05) is 23.5 Å². The SMILES string of the molecule is O=C(Nc1ccc(NCCc2ccccc2)cc1)c1cccc(CS(=O)(=O)c2ccccc2)c1. The number of amides is 1. The van der Waals surface area contributed by atoms with Gasteiger partial charge < -0.3 is 10.6 Å². The summed E-state index contributed by atoms with van der Waals surface area (Å²) in [6.45, 7) is 0.814. The molecular formula is C28H26N2O3S. The lowest BCUT2D eigenvalue weighted by Gasteiger charge is -2.10. The molecule has 0 atom stereocenters. The molecule has 0 saturated heterocycles. The molecule has 0 aromatic heterocycles. The summed E-state index contributed by atoms with van der Waals surface area (Å²) in [7, 11) is -3.48. The summed E-state index contributed by atoms with van der Waals surface area (Å²) in [5, 5.41) is 6.25. The molecule has 172 valence electrons. The van der Waals surface area contributed by atoms with Gasteiger partial charge in [-0.2, -0.15) is 0 Å². The molecule has 0 saturated carbocycles. The van der Waals surface area contributed by atoms with E-state index in [-0.39, 0.29) is 16.6 Å². The first-order chi connectivity index (χ1) is 16.5. The van der Waals surface area contributed by atoms with Crippen molar-refractivity contribution in [2.24, 2.45) is 0 Å². The van der Waals surface area contributed by atoms with E-state index in [1.165, 1.54) is 5.56 Å². The van der Waals surface area contributed by atoms with Gasteiger partial charge in [0.2, 0.25) is 0 Å². The smallest absolute Gasteiger partial charge is 0.255 e. The van der Waals surface area contributed by atoms with Crippen molar-refractivity contribution < 1.29 is 13.2 Å². The van der Waals surface area contributed by atoms with Crippen molar-refractivity contribution in [3.63, 3.8) is 0 Å². The predicted octanol–water partition coefficient (Wildman–Crippen LogP) is 5.57. The minimum absolute atomic E-state index is 0.165. The van der Waals surface area contributed by atoms with Gasteiger partial charge in [0.25, 0.3) is 5.91 Å². The largest absolute Gasteiger partial charge is 0.385 e. The summed E-state index contributed by atoms with van der Waals surface area (Å²) in [4.78, 5) is 13.0. The molecule has 1 amide bonds. The molecule has 0 unspecified atom stereocenters. The van der Waals surface area contributed by atoms with Crippen molar-refractivity contribution in [2.45, 2.75) is 17.1 Å². The second-order valence-corrected chi connectivity index (χ2v) is 9.96. The summed E-state index contributed by atoms with van der Waals surface area (Å²) in [6.07, 6.45) is 0.926. The van der Waals surface area contributed by atoms with Crippen LogP contribution in [0.2, 0.25) is 0 Å². The molecule has 34 heavy (non-hydrogen) atoms. The first-order valence-corrected chi connectivity index (χ1v) is 12.7. The Labute approximate surface area is 200 Å². The highest BCUT2D eigenvalue weighted by atomic mass is 32.2. The van der Waals surface area contributed by atoms with Gasteiger partial charge in [-0.1, -0.05) is 60.7 Å². The van der Waals surface area contributed by atoms with Gasteiger partial charge in [-0.15, -0.1) is 0 Å². The second-order valence-electron chi connectivity index (χ2n) is 7.97. The van der Waals surface area contributed by atoms with Crippen LogP contribution in [0.1, 0.15) is 21.5 Å². The molecule has 6 heteroatoms.